The van der Waals surface area contributed by atoms with Crippen molar-refractivity contribution in [1.29, 1.82) is 0 Å². The Kier molecular flexibility index (Phi) is 5.80. The third-order valence-electron chi connectivity index (χ3n) is 3.35. The Morgan fingerprint density at radius 1 is 1.14 bits per heavy atom. The molecule has 0 saturated carbocycles. The monoisotopic (exact) mass is 417 g/mol. The van der Waals surface area contributed by atoms with Crippen molar-refractivity contribution in [3.8, 4) is 5.75 Å². The maximum atomic E-state index is 11.4. The van der Waals surface area contributed by atoms with Crippen LogP contribution in [0.5, 0.6) is 5.75 Å². The van der Waals surface area contributed by atoms with Crippen molar-refractivity contribution in [1.82, 2.24) is 14.3 Å². The number of aromatic hydroxyl groups is 1. The molecule has 0 bridgehead atoms. The molecule has 0 fully saturated rings. The van der Waals surface area contributed by atoms with Gasteiger partial charge in [0.05, 0.1) is 22.4 Å². The van der Waals surface area contributed by atoms with Gasteiger partial charge in [-0.2, -0.15) is 4.37 Å². The number of rotatable bonds is 5. The SMILES string of the molecule is CSc1ncc2c(N=Nc3cc(NC(C)=O)c(O)c(NC(C)=O)c3)snc2n1. The van der Waals surface area contributed by atoms with Crippen molar-refractivity contribution in [3.05, 3.63) is 18.3 Å². The molecule has 3 aromatic rings. The Labute approximate surface area is 167 Å². The lowest BCUT2D eigenvalue weighted by Crippen LogP contribution is -2.09. The number of benzene rings is 1. The fraction of sp³-hybridized carbons (Fsp3) is 0.188. The van der Waals surface area contributed by atoms with Gasteiger partial charge in [-0.05, 0) is 29.9 Å². The lowest BCUT2D eigenvalue weighted by molar-refractivity contribution is -0.115. The molecular formula is C16H15N7O3S2. The van der Waals surface area contributed by atoms with Crippen LogP contribution in [0.1, 0.15) is 13.8 Å². The van der Waals surface area contributed by atoms with E-state index in [0.717, 1.165) is 11.5 Å². The van der Waals surface area contributed by atoms with Crippen LogP contribution < -0.4 is 10.6 Å². The fourth-order valence-electron chi connectivity index (χ4n) is 2.23. The lowest BCUT2D eigenvalue weighted by atomic mass is 10.2. The molecule has 0 aliphatic rings. The highest BCUT2D eigenvalue weighted by atomic mass is 32.2. The smallest absolute Gasteiger partial charge is 0.221 e. The van der Waals surface area contributed by atoms with Crippen LogP contribution in [0.15, 0.2) is 33.7 Å². The van der Waals surface area contributed by atoms with Gasteiger partial charge < -0.3 is 15.7 Å². The van der Waals surface area contributed by atoms with Crippen LogP contribution in [0.3, 0.4) is 0 Å². The van der Waals surface area contributed by atoms with Gasteiger partial charge in [0.2, 0.25) is 11.8 Å². The number of nitrogens with one attached hydrogen (secondary N) is 2. The molecule has 12 heteroatoms. The molecule has 0 unspecified atom stereocenters. The van der Waals surface area contributed by atoms with E-state index in [1.165, 1.54) is 37.7 Å². The van der Waals surface area contributed by atoms with E-state index in [1.54, 1.807) is 6.20 Å². The normalized spacial score (nSPS) is 11.1. The van der Waals surface area contributed by atoms with Crippen molar-refractivity contribution in [3.63, 3.8) is 0 Å². The van der Waals surface area contributed by atoms with Crippen LogP contribution in [-0.2, 0) is 9.59 Å². The Bertz CT molecular complexity index is 1060. The molecule has 2 heterocycles. The van der Waals surface area contributed by atoms with E-state index in [4.69, 9.17) is 0 Å². The number of hydrogen-bond donors (Lipinski definition) is 3. The zero-order valence-electron chi connectivity index (χ0n) is 15.0. The van der Waals surface area contributed by atoms with Gasteiger partial charge in [0.15, 0.2) is 21.6 Å². The predicted molar refractivity (Wildman–Crippen MR) is 108 cm³/mol. The number of nitrogens with zero attached hydrogens (tertiary/aromatic N) is 5. The maximum absolute atomic E-state index is 11.4. The summed E-state index contributed by atoms with van der Waals surface area (Å²) in [4.78, 5) is 31.2. The van der Waals surface area contributed by atoms with Crippen LogP contribution in [0.4, 0.5) is 22.1 Å². The summed E-state index contributed by atoms with van der Waals surface area (Å²) in [6.45, 7) is 2.61. The summed E-state index contributed by atoms with van der Waals surface area (Å²) >= 11 is 2.54. The highest BCUT2D eigenvalue weighted by Crippen LogP contribution is 2.38. The van der Waals surface area contributed by atoms with Gasteiger partial charge in [-0.15, -0.1) is 10.2 Å². The highest BCUT2D eigenvalue weighted by molar-refractivity contribution is 7.98. The molecule has 3 rings (SSSR count). The summed E-state index contributed by atoms with van der Waals surface area (Å²) in [6.07, 6.45) is 3.51. The number of azo groups is 1. The molecule has 0 aliphatic carbocycles. The topological polar surface area (TPSA) is 142 Å². The molecule has 2 amide bonds. The third kappa shape index (κ3) is 4.40. The van der Waals surface area contributed by atoms with E-state index in [9.17, 15) is 14.7 Å². The van der Waals surface area contributed by atoms with E-state index < -0.39 is 0 Å². The van der Waals surface area contributed by atoms with Crippen molar-refractivity contribution >= 4 is 68.2 Å². The highest BCUT2D eigenvalue weighted by Gasteiger charge is 2.13. The average Bonchev–Trinajstić information content (AvgIpc) is 3.04. The van der Waals surface area contributed by atoms with E-state index >= 15 is 0 Å². The van der Waals surface area contributed by atoms with Gasteiger partial charge in [0.1, 0.15) is 0 Å². The van der Waals surface area contributed by atoms with Gasteiger partial charge in [-0.3, -0.25) is 9.59 Å². The van der Waals surface area contributed by atoms with Crippen molar-refractivity contribution in [2.75, 3.05) is 16.9 Å². The molecule has 3 N–H and O–H groups in total. The number of thioether (sulfide) groups is 1. The number of carbonyl (C=O) groups is 2. The molecule has 10 nitrogen and oxygen atoms in total. The predicted octanol–water partition coefficient (Wildman–Crippen LogP) is 3.85. The first-order valence-corrected chi connectivity index (χ1v) is 9.87. The number of phenols is 1. The van der Waals surface area contributed by atoms with Gasteiger partial charge in [0, 0.05) is 20.0 Å². The van der Waals surface area contributed by atoms with Crippen LogP contribution in [0.25, 0.3) is 11.0 Å². The van der Waals surface area contributed by atoms with E-state index in [0.29, 0.717) is 26.9 Å². The summed E-state index contributed by atoms with van der Waals surface area (Å²) in [5, 5.41) is 25.3. The number of fused-ring (bicyclic) bond motifs is 1. The van der Waals surface area contributed by atoms with Gasteiger partial charge in [0.25, 0.3) is 0 Å². The Balaban J connectivity index is 1.98. The zero-order chi connectivity index (χ0) is 20.3. The zero-order valence-corrected chi connectivity index (χ0v) is 16.7. The van der Waals surface area contributed by atoms with Crippen molar-refractivity contribution < 1.29 is 14.7 Å². The van der Waals surface area contributed by atoms with Crippen LogP contribution in [0.2, 0.25) is 0 Å². The van der Waals surface area contributed by atoms with Crippen molar-refractivity contribution in [2.45, 2.75) is 19.0 Å². The van der Waals surface area contributed by atoms with E-state index in [2.05, 4.69) is 35.2 Å². The summed E-state index contributed by atoms with van der Waals surface area (Å²) < 4.78 is 4.24. The van der Waals surface area contributed by atoms with Crippen LogP contribution in [0, 0.1) is 0 Å². The van der Waals surface area contributed by atoms with Crippen LogP contribution >= 0.6 is 23.3 Å². The molecule has 0 radical (unpaired) electrons. The first kappa shape index (κ1) is 19.6. The second-order valence-corrected chi connectivity index (χ2v) is 7.06. The summed E-state index contributed by atoms with van der Waals surface area (Å²) in [7, 11) is 0. The maximum Gasteiger partial charge on any atom is 0.221 e. The number of phenolic OH excluding ortho intramolecular Hbond substituents is 1. The number of anilines is 2. The van der Waals surface area contributed by atoms with Gasteiger partial charge in [-0.25, -0.2) is 9.97 Å². The summed E-state index contributed by atoms with van der Waals surface area (Å²) in [5.74, 6) is -1.03. The van der Waals surface area contributed by atoms with E-state index in [1.807, 2.05) is 6.26 Å². The van der Waals surface area contributed by atoms with Crippen LogP contribution in [-0.4, -0.2) is 37.5 Å². The lowest BCUT2D eigenvalue weighted by Gasteiger charge is -2.11. The molecular weight excluding hydrogens is 402 g/mol. The molecule has 144 valence electrons. The minimum Gasteiger partial charge on any atom is -0.504 e. The minimum absolute atomic E-state index is 0.106. The number of aromatic nitrogens is 3. The van der Waals surface area contributed by atoms with Crippen molar-refractivity contribution in [2.24, 2.45) is 10.2 Å². The average molecular weight is 417 g/mol. The Hall–Kier alpha value is -3.12. The molecule has 0 saturated heterocycles. The second kappa shape index (κ2) is 8.27. The fourth-order valence-corrected chi connectivity index (χ4v) is 3.20. The quantitative estimate of drug-likeness (QED) is 0.248. The number of carbonyl (C=O) groups excluding carboxylic acids is 2. The number of hydrogen-bond acceptors (Lipinski definition) is 10. The molecule has 28 heavy (non-hydrogen) atoms. The molecule has 2 aromatic heterocycles. The van der Waals surface area contributed by atoms with Gasteiger partial charge >= 0.3 is 0 Å². The first-order valence-electron chi connectivity index (χ1n) is 7.87. The van der Waals surface area contributed by atoms with Gasteiger partial charge in [-0.1, -0.05) is 11.8 Å². The standard InChI is InChI=1S/C16H15N7O3S2/c1-7(24)18-11-4-9(5-12(13(11)26)19-8(2)25)21-22-15-10-6-17-16(27-3)20-14(10)23-28-15/h4-6,26H,1-3H3,(H,18,24)(H,19,25). The summed E-state index contributed by atoms with van der Waals surface area (Å²) in [5.41, 5.74) is 1.06. The molecule has 0 atom stereocenters. The summed E-state index contributed by atoms with van der Waals surface area (Å²) in [6, 6.07) is 2.88. The first-order chi connectivity index (χ1) is 13.4. The Morgan fingerprint density at radius 2 is 1.79 bits per heavy atom. The molecule has 0 aliphatic heterocycles. The second-order valence-electron chi connectivity index (χ2n) is 5.53. The molecule has 0 spiro atoms. The number of amides is 2. The minimum atomic E-state index is -0.381. The van der Waals surface area contributed by atoms with E-state index in [-0.39, 0.29) is 28.9 Å². The molecule has 1 aromatic carbocycles. The Morgan fingerprint density at radius 3 is 2.36 bits per heavy atom. The largest absolute Gasteiger partial charge is 0.504 e. The third-order valence-corrected chi connectivity index (χ3v) is 4.65.